The lowest BCUT2D eigenvalue weighted by Gasteiger charge is -2.11. The van der Waals surface area contributed by atoms with Gasteiger partial charge in [-0.3, -0.25) is 4.79 Å². The maximum Gasteiger partial charge on any atom is 0.256 e. The summed E-state index contributed by atoms with van der Waals surface area (Å²) in [6.45, 7) is 5.95. The van der Waals surface area contributed by atoms with E-state index in [1.165, 1.54) is 60.8 Å². The van der Waals surface area contributed by atoms with E-state index in [-0.39, 0.29) is 10.8 Å². The van der Waals surface area contributed by atoms with Crippen molar-refractivity contribution in [3.8, 4) is 5.13 Å². The van der Waals surface area contributed by atoms with Crippen LogP contribution >= 0.6 is 11.3 Å². The van der Waals surface area contributed by atoms with Gasteiger partial charge < -0.3 is 5.32 Å². The molecule has 166 valence electrons. The maximum absolute atomic E-state index is 12.8. The number of amides is 1. The highest BCUT2D eigenvalue weighted by atomic mass is 32.2. The third-order valence-corrected chi connectivity index (χ3v) is 7.97. The van der Waals surface area contributed by atoms with Crippen LogP contribution in [-0.2, 0) is 10.0 Å². The predicted molar refractivity (Wildman–Crippen MR) is 126 cm³/mol. The van der Waals surface area contributed by atoms with Crippen LogP contribution in [0.5, 0.6) is 0 Å². The summed E-state index contributed by atoms with van der Waals surface area (Å²) in [5, 5.41) is 8.01. The minimum absolute atomic E-state index is 0.125. The number of hydrogen-bond acceptors (Lipinski definition) is 6. The Morgan fingerprint density at radius 1 is 1.03 bits per heavy atom. The van der Waals surface area contributed by atoms with Gasteiger partial charge in [-0.05, 0) is 68.3 Å². The third kappa shape index (κ3) is 4.04. The van der Waals surface area contributed by atoms with Gasteiger partial charge in [0, 0.05) is 25.7 Å². The molecule has 0 atom stereocenters. The number of aryl methyl sites for hydroxylation is 3. The molecule has 0 aliphatic carbocycles. The highest BCUT2D eigenvalue weighted by Gasteiger charge is 2.19. The first-order valence-corrected chi connectivity index (χ1v) is 12.1. The molecule has 10 heteroatoms. The molecule has 4 aromatic rings. The smallest absolute Gasteiger partial charge is 0.256 e. The van der Waals surface area contributed by atoms with Crippen molar-refractivity contribution in [2.24, 2.45) is 0 Å². The summed E-state index contributed by atoms with van der Waals surface area (Å²) in [4.78, 5) is 17.6. The zero-order valence-corrected chi connectivity index (χ0v) is 20.0. The van der Waals surface area contributed by atoms with Crippen LogP contribution < -0.4 is 5.32 Å². The van der Waals surface area contributed by atoms with Gasteiger partial charge in [0.2, 0.25) is 15.2 Å². The van der Waals surface area contributed by atoms with Crippen LogP contribution in [0.4, 0.5) is 5.82 Å². The fraction of sp³-hybridized carbons (Fsp3) is 0.227. The molecule has 1 amide bonds. The number of rotatable bonds is 5. The molecular formula is C22H23N5O3S2. The number of nitrogens with zero attached hydrogens (tertiary/aromatic N) is 4. The van der Waals surface area contributed by atoms with Crippen molar-refractivity contribution < 1.29 is 13.2 Å². The monoisotopic (exact) mass is 469 g/mol. The van der Waals surface area contributed by atoms with Gasteiger partial charge in [0.15, 0.2) is 0 Å². The van der Waals surface area contributed by atoms with Crippen LogP contribution in [0.15, 0.2) is 47.4 Å². The van der Waals surface area contributed by atoms with Gasteiger partial charge in [-0.15, -0.1) is 0 Å². The fourth-order valence-corrected chi connectivity index (χ4v) is 5.08. The molecule has 0 bridgehead atoms. The molecule has 0 aliphatic heterocycles. The Kier molecular flexibility index (Phi) is 5.61. The van der Waals surface area contributed by atoms with E-state index >= 15 is 0 Å². The van der Waals surface area contributed by atoms with E-state index in [1.807, 2.05) is 19.9 Å². The molecular weight excluding hydrogens is 446 g/mol. The Morgan fingerprint density at radius 3 is 2.34 bits per heavy atom. The Bertz CT molecular complexity index is 1400. The molecule has 0 fully saturated rings. The zero-order valence-electron chi connectivity index (χ0n) is 18.4. The number of fused-ring (bicyclic) bond motifs is 1. The van der Waals surface area contributed by atoms with Crippen LogP contribution in [-0.4, -0.2) is 47.5 Å². The molecule has 0 radical (unpaired) electrons. The van der Waals surface area contributed by atoms with E-state index in [2.05, 4.69) is 23.4 Å². The van der Waals surface area contributed by atoms with E-state index in [1.54, 1.807) is 10.7 Å². The van der Waals surface area contributed by atoms with Crippen LogP contribution in [0.3, 0.4) is 0 Å². The molecule has 0 aliphatic rings. The number of hydrogen-bond donors (Lipinski definition) is 1. The van der Waals surface area contributed by atoms with Crippen molar-refractivity contribution in [1.82, 2.24) is 19.1 Å². The minimum atomic E-state index is -3.56. The predicted octanol–water partition coefficient (Wildman–Crippen LogP) is 3.91. The van der Waals surface area contributed by atoms with Gasteiger partial charge in [-0.1, -0.05) is 11.3 Å². The average molecular weight is 470 g/mol. The number of anilines is 1. The van der Waals surface area contributed by atoms with E-state index < -0.39 is 10.0 Å². The van der Waals surface area contributed by atoms with E-state index in [0.717, 1.165) is 20.2 Å². The zero-order chi connectivity index (χ0) is 23.2. The highest BCUT2D eigenvalue weighted by Crippen LogP contribution is 2.29. The lowest BCUT2D eigenvalue weighted by molar-refractivity contribution is 0.102. The number of thiazole rings is 1. The largest absolute Gasteiger partial charge is 0.306 e. The molecule has 0 unspecified atom stereocenters. The van der Waals surface area contributed by atoms with Crippen molar-refractivity contribution in [2.75, 3.05) is 19.4 Å². The van der Waals surface area contributed by atoms with Crippen LogP contribution in [0.1, 0.15) is 27.2 Å². The number of nitrogens with one attached hydrogen (secondary N) is 1. The Morgan fingerprint density at radius 2 is 1.69 bits per heavy atom. The summed E-state index contributed by atoms with van der Waals surface area (Å²) in [5.41, 5.74) is 4.32. The summed E-state index contributed by atoms with van der Waals surface area (Å²) in [7, 11) is -0.631. The first-order valence-electron chi connectivity index (χ1n) is 9.85. The maximum atomic E-state index is 12.8. The first kappa shape index (κ1) is 22.1. The molecule has 1 N–H and O–H groups in total. The minimum Gasteiger partial charge on any atom is -0.306 e. The second kappa shape index (κ2) is 8.12. The molecule has 2 aromatic carbocycles. The number of benzene rings is 2. The van der Waals surface area contributed by atoms with Crippen LogP contribution in [0.25, 0.3) is 15.3 Å². The third-order valence-electron chi connectivity index (χ3n) is 5.14. The normalized spacial score (nSPS) is 11.9. The van der Waals surface area contributed by atoms with Crippen LogP contribution in [0.2, 0.25) is 0 Å². The number of carbonyl (C=O) groups excluding carboxylic acids is 1. The summed E-state index contributed by atoms with van der Waals surface area (Å²) in [6.07, 6.45) is 0. The Hall–Kier alpha value is -3.08. The summed E-state index contributed by atoms with van der Waals surface area (Å²) >= 11 is 1.50. The average Bonchev–Trinajstić information content (AvgIpc) is 3.30. The van der Waals surface area contributed by atoms with Gasteiger partial charge in [0.1, 0.15) is 5.82 Å². The fourth-order valence-electron chi connectivity index (χ4n) is 3.17. The lowest BCUT2D eigenvalue weighted by Crippen LogP contribution is -2.22. The molecule has 0 saturated heterocycles. The molecule has 2 aromatic heterocycles. The topological polar surface area (TPSA) is 97.2 Å². The molecule has 8 nitrogen and oxygen atoms in total. The van der Waals surface area contributed by atoms with Gasteiger partial charge in [0.25, 0.3) is 5.91 Å². The number of sulfonamides is 1. The van der Waals surface area contributed by atoms with Crippen LogP contribution in [0, 0.1) is 20.8 Å². The molecule has 0 spiro atoms. The number of carbonyl (C=O) groups is 1. The van der Waals surface area contributed by atoms with Crippen molar-refractivity contribution >= 4 is 43.3 Å². The Balaban J connectivity index is 1.63. The standard InChI is InChI=1S/C22H23N5O3S2/c1-13-10-18-19(11-14(13)2)31-22(23-18)27-20(12-15(3)25-27)24-21(28)16-6-8-17(9-7-16)32(29,30)26(4)5/h6-12H,1-5H3,(H,24,28). The second-order valence-electron chi connectivity index (χ2n) is 7.75. The summed E-state index contributed by atoms with van der Waals surface area (Å²) in [6, 6.07) is 11.7. The SMILES string of the molecule is Cc1cc(NC(=O)c2ccc(S(=O)(=O)N(C)C)cc2)n(-c2nc3cc(C)c(C)cc3s2)n1. The molecule has 2 heterocycles. The Labute approximate surface area is 190 Å². The summed E-state index contributed by atoms with van der Waals surface area (Å²) in [5.74, 6) is 0.123. The van der Waals surface area contributed by atoms with Gasteiger partial charge in [-0.2, -0.15) is 9.78 Å². The van der Waals surface area contributed by atoms with Gasteiger partial charge in [0.05, 0.1) is 20.8 Å². The molecule has 32 heavy (non-hydrogen) atoms. The first-order chi connectivity index (χ1) is 15.1. The quantitative estimate of drug-likeness (QED) is 0.478. The lowest BCUT2D eigenvalue weighted by atomic mass is 10.1. The van der Waals surface area contributed by atoms with Crippen molar-refractivity contribution in [3.05, 3.63) is 64.8 Å². The van der Waals surface area contributed by atoms with Gasteiger partial charge in [-0.25, -0.2) is 17.7 Å². The van der Waals surface area contributed by atoms with E-state index in [9.17, 15) is 13.2 Å². The molecule has 0 saturated carbocycles. The highest BCUT2D eigenvalue weighted by molar-refractivity contribution is 7.89. The van der Waals surface area contributed by atoms with Crippen molar-refractivity contribution in [3.63, 3.8) is 0 Å². The van der Waals surface area contributed by atoms with Crippen molar-refractivity contribution in [2.45, 2.75) is 25.7 Å². The van der Waals surface area contributed by atoms with Crippen molar-refractivity contribution in [1.29, 1.82) is 0 Å². The van der Waals surface area contributed by atoms with E-state index in [4.69, 9.17) is 4.98 Å². The molecule has 4 rings (SSSR count). The van der Waals surface area contributed by atoms with E-state index in [0.29, 0.717) is 16.5 Å². The second-order valence-corrected chi connectivity index (χ2v) is 10.9. The van der Waals surface area contributed by atoms with Gasteiger partial charge >= 0.3 is 0 Å². The number of aromatic nitrogens is 3. The summed E-state index contributed by atoms with van der Waals surface area (Å²) < 4.78 is 28.3.